The number of nitrogens with one attached hydrogen (secondary N) is 1. The first-order valence-electron chi connectivity index (χ1n) is 3.69. The van der Waals surface area contributed by atoms with E-state index in [0.717, 1.165) is 5.56 Å². The lowest BCUT2D eigenvalue weighted by molar-refractivity contribution is -0.114. The first-order valence-corrected chi connectivity index (χ1v) is 3.69. The minimum absolute atomic E-state index is 0.0492. The Labute approximate surface area is 68.7 Å². The standard InChI is InChI=1S/C9H7NO2/c11-7-1-2-8-6(5-7)3-4-10-9(8)12/h1-4H,5H2,(H,10,12). The molecule has 0 bridgehead atoms. The van der Waals surface area contributed by atoms with Gasteiger partial charge in [0, 0.05) is 18.2 Å². The topological polar surface area (TPSA) is 49.9 Å². The Kier molecular flexibility index (Phi) is 1.43. The van der Waals surface area contributed by atoms with Crippen LogP contribution in [0.1, 0.15) is 11.1 Å². The molecule has 1 aliphatic carbocycles. The third-order valence-electron chi connectivity index (χ3n) is 1.89. The molecule has 0 aromatic carbocycles. The minimum Gasteiger partial charge on any atom is -0.329 e. The maximum atomic E-state index is 11.2. The van der Waals surface area contributed by atoms with Gasteiger partial charge in [-0.05, 0) is 23.8 Å². The summed E-state index contributed by atoms with van der Waals surface area (Å²) < 4.78 is 0. The smallest absolute Gasteiger partial charge is 0.255 e. The number of ketones is 1. The molecule has 1 aromatic rings. The molecule has 1 N–H and O–H groups in total. The second-order valence-corrected chi connectivity index (χ2v) is 2.72. The van der Waals surface area contributed by atoms with E-state index in [1.807, 2.05) is 0 Å². The van der Waals surface area contributed by atoms with Gasteiger partial charge in [-0.2, -0.15) is 0 Å². The van der Waals surface area contributed by atoms with Gasteiger partial charge < -0.3 is 4.98 Å². The molecule has 0 unspecified atom stereocenters. The molecule has 0 radical (unpaired) electrons. The van der Waals surface area contributed by atoms with E-state index in [2.05, 4.69) is 4.98 Å². The van der Waals surface area contributed by atoms with Crippen LogP contribution in [0.15, 0.2) is 23.1 Å². The highest BCUT2D eigenvalue weighted by Gasteiger charge is 2.11. The van der Waals surface area contributed by atoms with E-state index in [0.29, 0.717) is 12.0 Å². The summed E-state index contributed by atoms with van der Waals surface area (Å²) in [6.45, 7) is 0. The maximum Gasteiger partial charge on any atom is 0.255 e. The molecule has 0 saturated heterocycles. The molecule has 1 aliphatic rings. The number of carbonyl (C=O) groups excluding carboxylic acids is 1. The van der Waals surface area contributed by atoms with Gasteiger partial charge in [0.25, 0.3) is 5.56 Å². The number of carbonyl (C=O) groups is 1. The lowest BCUT2D eigenvalue weighted by atomic mass is 9.99. The quantitative estimate of drug-likeness (QED) is 0.602. The van der Waals surface area contributed by atoms with Crippen molar-refractivity contribution in [1.82, 2.24) is 4.98 Å². The van der Waals surface area contributed by atoms with Crippen molar-refractivity contribution in [3.63, 3.8) is 0 Å². The van der Waals surface area contributed by atoms with Gasteiger partial charge in [-0.25, -0.2) is 0 Å². The van der Waals surface area contributed by atoms with Crippen LogP contribution >= 0.6 is 0 Å². The second kappa shape index (κ2) is 2.44. The van der Waals surface area contributed by atoms with Crippen LogP contribution in [-0.4, -0.2) is 10.8 Å². The van der Waals surface area contributed by atoms with Crippen LogP contribution in [0, 0.1) is 0 Å². The zero-order valence-electron chi connectivity index (χ0n) is 6.33. The van der Waals surface area contributed by atoms with Crippen LogP contribution in [0.5, 0.6) is 0 Å². The van der Waals surface area contributed by atoms with Crippen molar-refractivity contribution >= 4 is 11.9 Å². The van der Waals surface area contributed by atoms with Crippen LogP contribution in [0.3, 0.4) is 0 Å². The first-order chi connectivity index (χ1) is 5.77. The number of allylic oxidation sites excluding steroid dienone is 1. The Morgan fingerprint density at radius 2 is 2.08 bits per heavy atom. The third-order valence-corrected chi connectivity index (χ3v) is 1.89. The molecule has 0 aliphatic heterocycles. The number of hydrogen-bond acceptors (Lipinski definition) is 2. The molecule has 0 fully saturated rings. The summed E-state index contributed by atoms with van der Waals surface area (Å²) in [7, 11) is 0. The molecule has 12 heavy (non-hydrogen) atoms. The molecule has 2 rings (SSSR count). The van der Waals surface area contributed by atoms with Crippen molar-refractivity contribution in [2.24, 2.45) is 0 Å². The van der Waals surface area contributed by atoms with Gasteiger partial charge >= 0.3 is 0 Å². The molecule has 3 nitrogen and oxygen atoms in total. The van der Waals surface area contributed by atoms with Crippen molar-refractivity contribution in [1.29, 1.82) is 0 Å². The summed E-state index contributed by atoms with van der Waals surface area (Å²) in [5, 5.41) is 0. The average molecular weight is 161 g/mol. The van der Waals surface area contributed by atoms with Crippen LogP contribution in [0.25, 0.3) is 6.08 Å². The Morgan fingerprint density at radius 3 is 2.92 bits per heavy atom. The third kappa shape index (κ3) is 0.993. The van der Waals surface area contributed by atoms with Gasteiger partial charge in [0.1, 0.15) is 0 Å². The predicted octanol–water partition coefficient (Wildman–Crippen LogP) is 0.513. The lowest BCUT2D eigenvalue weighted by Gasteiger charge is -2.06. The number of rotatable bonds is 0. The van der Waals surface area contributed by atoms with Crippen LogP contribution in [-0.2, 0) is 11.2 Å². The number of aromatic amines is 1. The molecule has 60 valence electrons. The molecular weight excluding hydrogens is 154 g/mol. The van der Waals surface area contributed by atoms with Gasteiger partial charge in [0.05, 0.1) is 0 Å². The largest absolute Gasteiger partial charge is 0.329 e. The molecule has 3 heteroatoms. The number of fused-ring (bicyclic) bond motifs is 1. The fraction of sp³-hybridized carbons (Fsp3) is 0.111. The zero-order chi connectivity index (χ0) is 8.55. The van der Waals surface area contributed by atoms with Crippen LogP contribution in [0.4, 0.5) is 0 Å². The Bertz CT molecular complexity index is 415. The highest BCUT2D eigenvalue weighted by molar-refractivity contribution is 5.98. The van der Waals surface area contributed by atoms with Gasteiger partial charge in [-0.3, -0.25) is 9.59 Å². The Morgan fingerprint density at radius 1 is 1.25 bits per heavy atom. The van der Waals surface area contributed by atoms with E-state index in [1.54, 1.807) is 18.3 Å². The molecule has 0 saturated carbocycles. The van der Waals surface area contributed by atoms with Crippen molar-refractivity contribution in [3.8, 4) is 0 Å². The number of aromatic nitrogens is 1. The first kappa shape index (κ1) is 7.03. The molecule has 1 aromatic heterocycles. The van der Waals surface area contributed by atoms with E-state index >= 15 is 0 Å². The SMILES string of the molecule is O=C1C=Cc2c(cc[nH]c2=O)C1. The van der Waals surface area contributed by atoms with Crippen molar-refractivity contribution in [2.75, 3.05) is 0 Å². The fourth-order valence-corrected chi connectivity index (χ4v) is 1.29. The molecular formula is C9H7NO2. The van der Waals surface area contributed by atoms with Gasteiger partial charge in [0.2, 0.25) is 0 Å². The van der Waals surface area contributed by atoms with E-state index < -0.39 is 0 Å². The van der Waals surface area contributed by atoms with Gasteiger partial charge in [0.15, 0.2) is 5.78 Å². The summed E-state index contributed by atoms with van der Waals surface area (Å²) in [6, 6.07) is 1.76. The summed E-state index contributed by atoms with van der Waals surface area (Å²) in [5.74, 6) is 0.0492. The fourth-order valence-electron chi connectivity index (χ4n) is 1.29. The zero-order valence-corrected chi connectivity index (χ0v) is 6.33. The summed E-state index contributed by atoms with van der Waals surface area (Å²) in [6.07, 6.45) is 4.92. The van der Waals surface area contributed by atoms with E-state index in [9.17, 15) is 9.59 Å². The van der Waals surface area contributed by atoms with Gasteiger partial charge in [-0.15, -0.1) is 0 Å². The van der Waals surface area contributed by atoms with Crippen LogP contribution < -0.4 is 5.56 Å². The van der Waals surface area contributed by atoms with Crippen molar-refractivity contribution in [2.45, 2.75) is 6.42 Å². The van der Waals surface area contributed by atoms with E-state index in [4.69, 9.17) is 0 Å². The van der Waals surface area contributed by atoms with E-state index in [-0.39, 0.29) is 11.3 Å². The van der Waals surface area contributed by atoms with E-state index in [1.165, 1.54) is 6.08 Å². The average Bonchev–Trinajstić information content (AvgIpc) is 2.04. The van der Waals surface area contributed by atoms with Crippen LogP contribution in [0.2, 0.25) is 0 Å². The predicted molar refractivity (Wildman–Crippen MR) is 44.8 cm³/mol. The Hall–Kier alpha value is -1.64. The minimum atomic E-state index is -0.128. The molecule has 0 atom stereocenters. The molecule has 1 heterocycles. The summed E-state index contributed by atoms with van der Waals surface area (Å²) >= 11 is 0. The van der Waals surface area contributed by atoms with Crippen molar-refractivity contribution in [3.05, 3.63) is 39.8 Å². The molecule has 0 amide bonds. The second-order valence-electron chi connectivity index (χ2n) is 2.72. The highest BCUT2D eigenvalue weighted by Crippen LogP contribution is 2.11. The highest BCUT2D eigenvalue weighted by atomic mass is 16.1. The normalized spacial score (nSPS) is 14.5. The van der Waals surface area contributed by atoms with Gasteiger partial charge in [-0.1, -0.05) is 0 Å². The lowest BCUT2D eigenvalue weighted by Crippen LogP contribution is -2.16. The monoisotopic (exact) mass is 161 g/mol. The molecule has 0 spiro atoms. The number of H-pyrrole nitrogens is 1. The summed E-state index contributed by atoms with van der Waals surface area (Å²) in [4.78, 5) is 24.6. The van der Waals surface area contributed by atoms with Crippen molar-refractivity contribution < 1.29 is 4.79 Å². The number of hydrogen-bond donors (Lipinski definition) is 1. The maximum absolute atomic E-state index is 11.2. The number of pyridine rings is 1. The summed E-state index contributed by atoms with van der Waals surface area (Å²) in [5.41, 5.74) is 1.29. The Balaban J connectivity index is 2.68.